The maximum atomic E-state index is 10.1. The van der Waals surface area contributed by atoms with E-state index in [1.54, 1.807) is 11.8 Å². The van der Waals surface area contributed by atoms with Gasteiger partial charge >= 0.3 is 0 Å². The molecule has 0 radical (unpaired) electrons. The molecule has 2 unspecified atom stereocenters. The lowest BCUT2D eigenvalue weighted by molar-refractivity contribution is 0.180. The average Bonchev–Trinajstić information content (AvgIpc) is 3.29. The molecule has 2 aromatic rings. The van der Waals surface area contributed by atoms with Crippen molar-refractivity contribution < 1.29 is 9.84 Å². The zero-order valence-corrected chi connectivity index (χ0v) is 16.3. The van der Waals surface area contributed by atoms with Crippen LogP contribution in [0, 0.1) is 11.3 Å². The second-order valence-electron chi connectivity index (χ2n) is 7.21. The van der Waals surface area contributed by atoms with Crippen molar-refractivity contribution in [2.45, 2.75) is 44.1 Å². The monoisotopic (exact) mass is 378 g/mol. The Morgan fingerprint density at radius 1 is 1.30 bits per heavy atom. The smallest absolute Gasteiger partial charge is 0.137 e. The van der Waals surface area contributed by atoms with Gasteiger partial charge in [0.15, 0.2) is 0 Å². The number of nitrogens with zero attached hydrogens (tertiary/aromatic N) is 2. The van der Waals surface area contributed by atoms with Crippen molar-refractivity contribution in [3.63, 3.8) is 0 Å². The number of ether oxygens (including phenoxy) is 1. The molecule has 1 aliphatic carbocycles. The summed E-state index contributed by atoms with van der Waals surface area (Å²) in [4.78, 5) is 4.78. The van der Waals surface area contributed by atoms with Gasteiger partial charge in [-0.15, -0.1) is 0 Å². The van der Waals surface area contributed by atoms with Gasteiger partial charge in [-0.25, -0.2) is 0 Å². The molecule has 0 aromatic heterocycles. The number of thioether (sulfide) groups is 1. The molecule has 0 spiro atoms. The third kappa shape index (κ3) is 3.47. The lowest BCUT2D eigenvalue weighted by Crippen LogP contribution is -2.07. The van der Waals surface area contributed by atoms with Gasteiger partial charge in [-0.3, -0.25) is 4.99 Å². The zero-order chi connectivity index (χ0) is 19.0. The van der Waals surface area contributed by atoms with Gasteiger partial charge < -0.3 is 9.84 Å². The predicted octanol–water partition coefficient (Wildman–Crippen LogP) is 4.56. The van der Waals surface area contributed by atoms with Crippen molar-refractivity contribution in [3.05, 3.63) is 64.2 Å². The third-order valence-electron chi connectivity index (χ3n) is 4.98. The Labute approximate surface area is 163 Å². The number of fused-ring (bicyclic) bond motifs is 1. The van der Waals surface area contributed by atoms with Crippen LogP contribution in [-0.4, -0.2) is 22.8 Å². The van der Waals surface area contributed by atoms with Crippen LogP contribution in [0.5, 0.6) is 5.75 Å². The molecule has 1 heterocycles. The minimum atomic E-state index is -0.352. The van der Waals surface area contributed by atoms with Crippen molar-refractivity contribution in [3.8, 4) is 11.8 Å². The van der Waals surface area contributed by atoms with Crippen LogP contribution in [0.2, 0.25) is 0 Å². The summed E-state index contributed by atoms with van der Waals surface area (Å²) in [6.45, 7) is 4.61. The molecular formula is C22H22N2O2S. The summed E-state index contributed by atoms with van der Waals surface area (Å²) in [7, 11) is 0. The summed E-state index contributed by atoms with van der Waals surface area (Å²) >= 11 is 1.74. The fourth-order valence-electron chi connectivity index (χ4n) is 3.72. The highest BCUT2D eigenvalue weighted by atomic mass is 32.2. The average molecular weight is 378 g/mol. The van der Waals surface area contributed by atoms with E-state index in [1.165, 1.54) is 5.56 Å². The molecule has 0 amide bonds. The number of nitriles is 1. The van der Waals surface area contributed by atoms with Crippen LogP contribution in [0.1, 0.15) is 59.4 Å². The Morgan fingerprint density at radius 3 is 2.93 bits per heavy atom. The van der Waals surface area contributed by atoms with E-state index in [-0.39, 0.29) is 17.5 Å². The SMILES string of the molecule is CC(C)Oc1ccc(C2CN=C(c3cccc4c3CCC4O)S2)cc1C#N. The fraction of sp³-hybridized carbons (Fsp3) is 0.364. The number of aliphatic hydroxyl groups excluding tert-OH is 1. The van der Waals surface area contributed by atoms with Crippen molar-refractivity contribution in [2.75, 3.05) is 6.54 Å². The molecule has 4 nitrogen and oxygen atoms in total. The van der Waals surface area contributed by atoms with Gasteiger partial charge in [0.2, 0.25) is 0 Å². The molecule has 1 aliphatic heterocycles. The van der Waals surface area contributed by atoms with Gasteiger partial charge in [0.1, 0.15) is 11.8 Å². The maximum absolute atomic E-state index is 10.1. The topological polar surface area (TPSA) is 65.6 Å². The van der Waals surface area contributed by atoms with Crippen LogP contribution in [0.25, 0.3) is 0 Å². The molecule has 2 aromatic carbocycles. The highest BCUT2D eigenvalue weighted by Gasteiger charge is 2.28. The van der Waals surface area contributed by atoms with E-state index in [1.807, 2.05) is 44.2 Å². The van der Waals surface area contributed by atoms with Crippen LogP contribution in [0.15, 0.2) is 41.4 Å². The van der Waals surface area contributed by atoms with Crippen LogP contribution in [0.4, 0.5) is 0 Å². The van der Waals surface area contributed by atoms with Gasteiger partial charge in [-0.1, -0.05) is 36.0 Å². The number of hydrogen-bond donors (Lipinski definition) is 1. The van der Waals surface area contributed by atoms with E-state index in [9.17, 15) is 10.4 Å². The molecular weight excluding hydrogens is 356 g/mol. The van der Waals surface area contributed by atoms with Crippen molar-refractivity contribution >= 4 is 16.8 Å². The Balaban J connectivity index is 1.56. The number of hydrogen-bond acceptors (Lipinski definition) is 5. The van der Waals surface area contributed by atoms with E-state index < -0.39 is 0 Å². The molecule has 0 saturated carbocycles. The molecule has 0 fully saturated rings. The third-order valence-corrected chi connectivity index (χ3v) is 6.26. The summed E-state index contributed by atoms with van der Waals surface area (Å²) in [5.74, 6) is 0.634. The first-order valence-electron chi connectivity index (χ1n) is 9.29. The first kappa shape index (κ1) is 18.1. The highest BCUT2D eigenvalue weighted by Crippen LogP contribution is 2.42. The minimum absolute atomic E-state index is 0.0364. The summed E-state index contributed by atoms with van der Waals surface area (Å²) in [5.41, 5.74) is 5.09. The number of aliphatic imine (C=N–C) groups is 1. The van der Waals surface area contributed by atoms with Gasteiger partial charge in [0.05, 0.1) is 34.6 Å². The molecule has 0 saturated heterocycles. The second kappa shape index (κ2) is 7.38. The van der Waals surface area contributed by atoms with Crippen LogP contribution >= 0.6 is 11.8 Å². The largest absolute Gasteiger partial charge is 0.490 e. The Kier molecular flexibility index (Phi) is 4.94. The van der Waals surface area contributed by atoms with Crippen molar-refractivity contribution in [1.82, 2.24) is 0 Å². The maximum Gasteiger partial charge on any atom is 0.137 e. The Bertz CT molecular complexity index is 946. The number of aliphatic hydroxyl groups is 1. The molecule has 2 atom stereocenters. The second-order valence-corrected chi connectivity index (χ2v) is 8.41. The van der Waals surface area contributed by atoms with E-state index in [0.717, 1.165) is 34.6 Å². The Hall–Kier alpha value is -2.29. The fourth-order valence-corrected chi connectivity index (χ4v) is 4.89. The van der Waals surface area contributed by atoms with E-state index in [0.29, 0.717) is 17.9 Å². The molecule has 4 rings (SSSR count). The highest BCUT2D eigenvalue weighted by molar-refractivity contribution is 8.14. The lowest BCUT2D eigenvalue weighted by Gasteiger charge is -2.15. The van der Waals surface area contributed by atoms with Crippen LogP contribution < -0.4 is 4.74 Å². The van der Waals surface area contributed by atoms with E-state index in [4.69, 9.17) is 9.73 Å². The first-order valence-corrected chi connectivity index (χ1v) is 10.2. The number of benzene rings is 2. The van der Waals surface area contributed by atoms with E-state index in [2.05, 4.69) is 12.1 Å². The van der Waals surface area contributed by atoms with E-state index >= 15 is 0 Å². The summed E-state index contributed by atoms with van der Waals surface area (Å²) in [6, 6.07) is 14.2. The normalized spacial score (nSPS) is 21.1. The molecule has 27 heavy (non-hydrogen) atoms. The summed E-state index contributed by atoms with van der Waals surface area (Å²) in [6.07, 6.45) is 1.37. The van der Waals surface area contributed by atoms with Gasteiger partial charge in [-0.2, -0.15) is 5.26 Å². The molecule has 2 aliphatic rings. The summed E-state index contributed by atoms with van der Waals surface area (Å²) < 4.78 is 5.72. The van der Waals surface area contributed by atoms with Crippen LogP contribution in [0.3, 0.4) is 0 Å². The quantitative estimate of drug-likeness (QED) is 0.847. The number of rotatable bonds is 4. The molecule has 5 heteroatoms. The first-order chi connectivity index (χ1) is 13.1. The van der Waals surface area contributed by atoms with Gasteiger partial charge in [0.25, 0.3) is 0 Å². The van der Waals surface area contributed by atoms with Gasteiger partial charge in [-0.05, 0) is 55.5 Å². The minimum Gasteiger partial charge on any atom is -0.490 e. The van der Waals surface area contributed by atoms with Crippen LogP contribution in [-0.2, 0) is 6.42 Å². The van der Waals surface area contributed by atoms with Crippen molar-refractivity contribution in [1.29, 1.82) is 5.26 Å². The van der Waals surface area contributed by atoms with Crippen molar-refractivity contribution in [2.24, 2.45) is 4.99 Å². The predicted molar refractivity (Wildman–Crippen MR) is 108 cm³/mol. The van der Waals surface area contributed by atoms with Gasteiger partial charge in [0, 0.05) is 5.56 Å². The Morgan fingerprint density at radius 2 is 2.15 bits per heavy atom. The zero-order valence-electron chi connectivity index (χ0n) is 15.5. The summed E-state index contributed by atoms with van der Waals surface area (Å²) in [5, 5.41) is 20.8. The lowest BCUT2D eigenvalue weighted by atomic mass is 10.0. The molecule has 1 N–H and O–H groups in total. The standard InChI is InChI=1S/C22H22N2O2S/c1-13(2)26-20-9-6-14(10-15(20)11-23)21-12-24-22(27-21)18-5-3-4-17-16(18)7-8-19(17)25/h3-6,9-10,13,19,21,25H,7-8,12H2,1-2H3. The molecule has 0 bridgehead atoms. The molecule has 138 valence electrons.